The number of rotatable bonds is 7. The second kappa shape index (κ2) is 16.8. The first-order chi connectivity index (χ1) is 22.2. The Bertz CT molecular complexity index is 1440. The van der Waals surface area contributed by atoms with Crippen molar-refractivity contribution in [3.8, 4) is 5.75 Å². The molecule has 4 rings (SSSR count). The van der Waals surface area contributed by atoms with Crippen molar-refractivity contribution < 1.29 is 29.0 Å². The molecule has 0 fully saturated rings. The average molecular weight is 631 g/mol. The molecule has 0 aliphatic carbocycles. The number of carbonyl (C=O) groups excluding carboxylic acids is 3. The van der Waals surface area contributed by atoms with Crippen molar-refractivity contribution in [3.63, 3.8) is 0 Å². The summed E-state index contributed by atoms with van der Waals surface area (Å²) in [6, 6.07) is 22.2. The van der Waals surface area contributed by atoms with Crippen molar-refractivity contribution in [1.82, 2.24) is 9.80 Å². The Kier molecular flexibility index (Phi) is 12.6. The van der Waals surface area contributed by atoms with Crippen LogP contribution >= 0.6 is 0 Å². The van der Waals surface area contributed by atoms with Gasteiger partial charge in [-0.3, -0.25) is 9.59 Å². The molecule has 4 amide bonds. The van der Waals surface area contributed by atoms with Crippen LogP contribution < -0.4 is 15.4 Å². The highest BCUT2D eigenvalue weighted by atomic mass is 16.5. The molecule has 0 aromatic heterocycles. The van der Waals surface area contributed by atoms with E-state index in [0.29, 0.717) is 35.8 Å². The number of fused-ring (bicyclic) bond motifs is 1. The number of amides is 4. The van der Waals surface area contributed by atoms with E-state index in [2.05, 4.69) is 10.6 Å². The summed E-state index contributed by atoms with van der Waals surface area (Å²) in [4.78, 5) is 43.5. The number of hydrogen-bond donors (Lipinski definition) is 3. The molecule has 0 spiro atoms. The van der Waals surface area contributed by atoms with Crippen LogP contribution in [0, 0.1) is 5.92 Å². The van der Waals surface area contributed by atoms with E-state index in [9.17, 15) is 19.5 Å². The smallest absolute Gasteiger partial charge is 0.323 e. The SMILES string of the molecule is C[C@@H]1CCCCO[C@@H](CN(C)C(=O)c2ccccc2)[C@H](C)CN([C@H](C)CO)C(=O)c2cc(NC(=O)Nc3ccccc3)ccc2O1. The molecule has 1 aliphatic rings. The number of anilines is 2. The normalized spacial score (nSPS) is 20.0. The maximum Gasteiger partial charge on any atom is 0.323 e. The average Bonchev–Trinajstić information content (AvgIpc) is 3.06. The Balaban J connectivity index is 1.60. The summed E-state index contributed by atoms with van der Waals surface area (Å²) in [5, 5.41) is 15.8. The maximum atomic E-state index is 14.3. The molecule has 4 atom stereocenters. The molecule has 3 N–H and O–H groups in total. The van der Waals surface area contributed by atoms with E-state index < -0.39 is 12.1 Å². The van der Waals surface area contributed by atoms with Gasteiger partial charge >= 0.3 is 6.03 Å². The monoisotopic (exact) mass is 630 g/mol. The minimum absolute atomic E-state index is 0.108. The predicted octanol–water partition coefficient (Wildman–Crippen LogP) is 5.90. The first kappa shape index (κ1) is 34.5. The molecular formula is C36H46N4O6. The summed E-state index contributed by atoms with van der Waals surface area (Å²) in [5.41, 5.74) is 1.93. The van der Waals surface area contributed by atoms with Gasteiger partial charge in [-0.05, 0) is 75.6 Å². The number of ether oxygens (including phenoxy) is 2. The zero-order valence-electron chi connectivity index (χ0n) is 27.1. The second-order valence-corrected chi connectivity index (χ2v) is 12.0. The van der Waals surface area contributed by atoms with Crippen LogP contribution in [0.5, 0.6) is 5.75 Å². The Hall–Kier alpha value is -4.41. The van der Waals surface area contributed by atoms with E-state index in [1.54, 1.807) is 66.2 Å². The fraction of sp³-hybridized carbons (Fsp3) is 0.417. The number of likely N-dealkylation sites (N-methyl/N-ethyl adjacent to an activating group) is 1. The zero-order chi connectivity index (χ0) is 33.1. The number of carbonyl (C=O) groups is 3. The lowest BCUT2D eigenvalue weighted by molar-refractivity contribution is -0.0149. The molecular weight excluding hydrogens is 584 g/mol. The van der Waals surface area contributed by atoms with E-state index in [0.717, 1.165) is 19.3 Å². The van der Waals surface area contributed by atoms with Crippen LogP contribution in [-0.4, -0.2) is 84.4 Å². The molecule has 46 heavy (non-hydrogen) atoms. The number of benzene rings is 3. The largest absolute Gasteiger partial charge is 0.490 e. The lowest BCUT2D eigenvalue weighted by atomic mass is 10.0. The van der Waals surface area contributed by atoms with Gasteiger partial charge in [0, 0.05) is 49.6 Å². The fourth-order valence-corrected chi connectivity index (χ4v) is 5.43. The van der Waals surface area contributed by atoms with Crippen molar-refractivity contribution in [3.05, 3.63) is 90.0 Å². The molecule has 0 radical (unpaired) electrons. The van der Waals surface area contributed by atoms with Crippen molar-refractivity contribution in [2.75, 3.05) is 44.0 Å². The molecule has 3 aromatic carbocycles. The zero-order valence-corrected chi connectivity index (χ0v) is 27.1. The van der Waals surface area contributed by atoms with Gasteiger partial charge in [0.2, 0.25) is 0 Å². The number of aliphatic hydroxyl groups is 1. The number of urea groups is 1. The second-order valence-electron chi connectivity index (χ2n) is 12.0. The standard InChI is InChI=1S/C36H46N4O6/c1-25-22-40(26(2)24-41)35(43)31-21-30(38-36(44)37-29-16-9-6-10-17-29)18-19-32(31)46-27(3)13-11-12-20-45-33(25)23-39(4)34(42)28-14-7-5-8-15-28/h5-10,14-19,21,25-27,33,41H,11-13,20,22-24H2,1-4H3,(H2,37,38,44)/t25-,26-,27-,33+/m1/s1. The fourth-order valence-electron chi connectivity index (χ4n) is 5.43. The van der Waals surface area contributed by atoms with Crippen LogP contribution in [0.2, 0.25) is 0 Å². The van der Waals surface area contributed by atoms with Crippen molar-refractivity contribution in [2.45, 2.75) is 58.3 Å². The highest BCUT2D eigenvalue weighted by molar-refractivity contribution is 6.02. The first-order valence-electron chi connectivity index (χ1n) is 15.9. The third-order valence-electron chi connectivity index (χ3n) is 8.16. The lowest BCUT2D eigenvalue weighted by Gasteiger charge is -2.36. The molecule has 10 heteroatoms. The van der Waals surface area contributed by atoms with Crippen molar-refractivity contribution in [1.29, 1.82) is 0 Å². The number of aliphatic hydroxyl groups excluding tert-OH is 1. The van der Waals surface area contributed by atoms with Gasteiger partial charge in [-0.15, -0.1) is 0 Å². The molecule has 1 heterocycles. The van der Waals surface area contributed by atoms with E-state index >= 15 is 0 Å². The van der Waals surface area contributed by atoms with Crippen molar-refractivity contribution >= 4 is 29.2 Å². The summed E-state index contributed by atoms with van der Waals surface area (Å²) in [7, 11) is 1.76. The van der Waals surface area contributed by atoms with Crippen LogP contribution in [0.3, 0.4) is 0 Å². The third-order valence-corrected chi connectivity index (χ3v) is 8.16. The summed E-state index contributed by atoms with van der Waals surface area (Å²) in [6.07, 6.45) is 1.89. The number of nitrogens with zero attached hydrogens (tertiary/aromatic N) is 2. The number of hydrogen-bond acceptors (Lipinski definition) is 6. The first-order valence-corrected chi connectivity index (χ1v) is 15.9. The van der Waals surface area contributed by atoms with Gasteiger partial charge in [-0.25, -0.2) is 4.79 Å². The minimum atomic E-state index is -0.518. The molecule has 1 aliphatic heterocycles. The summed E-state index contributed by atoms with van der Waals surface area (Å²) < 4.78 is 12.7. The Labute approximate surface area is 271 Å². The van der Waals surface area contributed by atoms with Crippen LogP contribution in [0.15, 0.2) is 78.9 Å². The molecule has 0 bridgehead atoms. The van der Waals surface area contributed by atoms with Gasteiger partial charge in [0.1, 0.15) is 5.75 Å². The van der Waals surface area contributed by atoms with Gasteiger partial charge in [0.15, 0.2) is 0 Å². The van der Waals surface area contributed by atoms with Gasteiger partial charge < -0.3 is 35.0 Å². The van der Waals surface area contributed by atoms with E-state index in [-0.39, 0.29) is 48.7 Å². The molecule has 10 nitrogen and oxygen atoms in total. The summed E-state index contributed by atoms with van der Waals surface area (Å²) >= 11 is 0. The predicted molar refractivity (Wildman–Crippen MR) is 179 cm³/mol. The van der Waals surface area contributed by atoms with Gasteiger partial charge in [-0.1, -0.05) is 43.3 Å². The van der Waals surface area contributed by atoms with Gasteiger partial charge in [-0.2, -0.15) is 0 Å². The summed E-state index contributed by atoms with van der Waals surface area (Å²) in [6.45, 7) is 6.60. The third kappa shape index (κ3) is 9.55. The van der Waals surface area contributed by atoms with Crippen LogP contribution in [0.4, 0.5) is 16.2 Å². The van der Waals surface area contributed by atoms with Crippen LogP contribution in [0.1, 0.15) is 60.7 Å². The highest BCUT2D eigenvalue weighted by Gasteiger charge is 2.31. The Morgan fingerprint density at radius 3 is 2.35 bits per heavy atom. The highest BCUT2D eigenvalue weighted by Crippen LogP contribution is 2.29. The molecule has 246 valence electrons. The van der Waals surface area contributed by atoms with E-state index in [4.69, 9.17) is 9.47 Å². The Morgan fingerprint density at radius 2 is 1.65 bits per heavy atom. The van der Waals surface area contributed by atoms with Gasteiger partial charge in [0.25, 0.3) is 11.8 Å². The van der Waals surface area contributed by atoms with E-state index in [1.807, 2.05) is 50.2 Å². The maximum absolute atomic E-state index is 14.3. The van der Waals surface area contributed by atoms with Crippen LogP contribution in [-0.2, 0) is 4.74 Å². The number of nitrogens with one attached hydrogen (secondary N) is 2. The quantitative estimate of drug-likeness (QED) is 0.299. The van der Waals surface area contributed by atoms with Crippen molar-refractivity contribution in [2.24, 2.45) is 5.92 Å². The Morgan fingerprint density at radius 1 is 0.978 bits per heavy atom. The molecule has 0 saturated carbocycles. The topological polar surface area (TPSA) is 120 Å². The molecule has 0 unspecified atom stereocenters. The number of para-hydroxylation sites is 1. The molecule has 3 aromatic rings. The summed E-state index contributed by atoms with van der Waals surface area (Å²) in [5.74, 6) is -0.225. The lowest BCUT2D eigenvalue weighted by Crippen LogP contribution is -2.48. The van der Waals surface area contributed by atoms with Crippen LogP contribution in [0.25, 0.3) is 0 Å². The minimum Gasteiger partial charge on any atom is -0.490 e. The molecule has 0 saturated heterocycles. The van der Waals surface area contributed by atoms with Gasteiger partial charge in [0.05, 0.1) is 30.4 Å². The van der Waals surface area contributed by atoms with E-state index in [1.165, 1.54) is 0 Å².